The zero-order chi connectivity index (χ0) is 20.0. The predicted octanol–water partition coefficient (Wildman–Crippen LogP) is 3.23. The first-order valence-corrected chi connectivity index (χ1v) is 8.91. The van der Waals surface area contributed by atoms with Gasteiger partial charge in [0.1, 0.15) is 5.57 Å². The Bertz CT molecular complexity index is 1230. The Hall–Kier alpha value is -4.13. The molecule has 0 saturated carbocycles. The number of imide groups is 2. The van der Waals surface area contributed by atoms with Gasteiger partial charge in [0, 0.05) is 5.39 Å². The maximum Gasteiger partial charge on any atom is 0.335 e. The van der Waals surface area contributed by atoms with E-state index in [9.17, 15) is 14.4 Å². The molecule has 4 amide bonds. The number of carbonyl (C=O) groups excluding carboxylic acids is 3. The molecular weight excluding hydrogens is 372 g/mol. The molecule has 3 aromatic rings. The van der Waals surface area contributed by atoms with Crippen LogP contribution in [0.3, 0.4) is 0 Å². The van der Waals surface area contributed by atoms with Crippen LogP contribution in [0.5, 0.6) is 11.5 Å². The van der Waals surface area contributed by atoms with Gasteiger partial charge in [-0.1, -0.05) is 42.5 Å². The molecule has 7 heteroatoms. The van der Waals surface area contributed by atoms with Gasteiger partial charge in [-0.15, -0.1) is 0 Å². The number of benzene rings is 3. The number of urea groups is 1. The highest BCUT2D eigenvalue weighted by molar-refractivity contribution is 6.40. The monoisotopic (exact) mass is 386 g/mol. The van der Waals surface area contributed by atoms with Crippen LogP contribution in [0.15, 0.2) is 66.2 Å². The van der Waals surface area contributed by atoms with E-state index in [4.69, 9.17) is 9.47 Å². The lowest BCUT2D eigenvalue weighted by atomic mass is 10.0. The zero-order valence-electron chi connectivity index (χ0n) is 15.0. The largest absolute Gasteiger partial charge is 0.454 e. The molecule has 1 saturated heterocycles. The summed E-state index contributed by atoms with van der Waals surface area (Å²) >= 11 is 0. The maximum absolute atomic E-state index is 13.1. The number of barbiturate groups is 1. The number of hydrogen-bond acceptors (Lipinski definition) is 5. The highest BCUT2D eigenvalue weighted by Crippen LogP contribution is 2.34. The highest BCUT2D eigenvalue weighted by atomic mass is 16.7. The minimum absolute atomic E-state index is 0.123. The SMILES string of the molecule is O=C1NC(=O)N(c2cccc3ccccc23)C(=O)C1=Cc1ccc2c(c1)OCO2. The Morgan fingerprint density at radius 2 is 1.69 bits per heavy atom. The summed E-state index contributed by atoms with van der Waals surface area (Å²) < 4.78 is 10.6. The molecule has 7 nitrogen and oxygen atoms in total. The number of nitrogens with zero attached hydrogens (tertiary/aromatic N) is 1. The lowest BCUT2D eigenvalue weighted by molar-refractivity contribution is -0.122. The molecule has 1 fully saturated rings. The van der Waals surface area contributed by atoms with Crippen LogP contribution in [-0.2, 0) is 9.59 Å². The second-order valence-electron chi connectivity index (χ2n) is 6.57. The van der Waals surface area contributed by atoms with Gasteiger partial charge in [-0.05, 0) is 35.2 Å². The summed E-state index contributed by atoms with van der Waals surface area (Å²) in [5.74, 6) is -0.300. The Morgan fingerprint density at radius 3 is 2.59 bits per heavy atom. The van der Waals surface area contributed by atoms with E-state index >= 15 is 0 Å². The van der Waals surface area contributed by atoms with Crippen molar-refractivity contribution >= 4 is 40.4 Å². The zero-order valence-corrected chi connectivity index (χ0v) is 15.0. The van der Waals surface area contributed by atoms with Crippen molar-refractivity contribution in [3.63, 3.8) is 0 Å². The van der Waals surface area contributed by atoms with Gasteiger partial charge in [0.2, 0.25) is 6.79 Å². The molecule has 142 valence electrons. The Labute approximate surface area is 165 Å². The van der Waals surface area contributed by atoms with Gasteiger partial charge in [-0.25, -0.2) is 9.69 Å². The number of hydrogen-bond donors (Lipinski definition) is 1. The molecule has 0 radical (unpaired) electrons. The van der Waals surface area contributed by atoms with E-state index in [0.29, 0.717) is 22.7 Å². The average Bonchev–Trinajstić information content (AvgIpc) is 3.19. The van der Waals surface area contributed by atoms with E-state index in [1.54, 1.807) is 30.3 Å². The summed E-state index contributed by atoms with van der Waals surface area (Å²) in [6.07, 6.45) is 1.43. The van der Waals surface area contributed by atoms with E-state index in [-0.39, 0.29) is 12.4 Å². The summed E-state index contributed by atoms with van der Waals surface area (Å²) in [6, 6.07) is 17.0. The molecular formula is C22H14N2O5. The Morgan fingerprint density at radius 1 is 0.897 bits per heavy atom. The van der Waals surface area contributed by atoms with Gasteiger partial charge >= 0.3 is 6.03 Å². The molecule has 2 heterocycles. The molecule has 0 atom stereocenters. The van der Waals surface area contributed by atoms with Crippen LogP contribution in [-0.4, -0.2) is 24.6 Å². The third-order valence-electron chi connectivity index (χ3n) is 4.82. The van der Waals surface area contributed by atoms with E-state index in [2.05, 4.69) is 5.32 Å². The summed E-state index contributed by atoms with van der Waals surface area (Å²) in [6.45, 7) is 0.123. The number of amides is 4. The normalized spacial score (nSPS) is 17.2. The second-order valence-corrected chi connectivity index (χ2v) is 6.57. The second kappa shape index (κ2) is 6.49. The third kappa shape index (κ3) is 2.80. The smallest absolute Gasteiger partial charge is 0.335 e. The molecule has 0 bridgehead atoms. The van der Waals surface area contributed by atoms with Gasteiger partial charge < -0.3 is 9.47 Å². The average molecular weight is 386 g/mol. The summed E-state index contributed by atoms with van der Waals surface area (Å²) in [5.41, 5.74) is 0.853. The number of fused-ring (bicyclic) bond motifs is 2. The van der Waals surface area contributed by atoms with E-state index in [1.165, 1.54) is 6.08 Å². The Balaban J connectivity index is 1.59. The first kappa shape index (κ1) is 17.0. The number of rotatable bonds is 2. The van der Waals surface area contributed by atoms with Crippen molar-refractivity contribution in [2.75, 3.05) is 11.7 Å². The van der Waals surface area contributed by atoms with E-state index in [0.717, 1.165) is 15.7 Å². The van der Waals surface area contributed by atoms with Crippen molar-refractivity contribution in [1.29, 1.82) is 0 Å². The van der Waals surface area contributed by atoms with Crippen molar-refractivity contribution in [3.8, 4) is 11.5 Å². The number of nitrogens with one attached hydrogen (secondary N) is 1. The molecule has 2 aliphatic rings. The van der Waals surface area contributed by atoms with E-state index < -0.39 is 17.8 Å². The minimum atomic E-state index is -0.779. The molecule has 0 aromatic heterocycles. The quantitative estimate of drug-likeness (QED) is 0.540. The highest BCUT2D eigenvalue weighted by Gasteiger charge is 2.37. The van der Waals surface area contributed by atoms with Crippen molar-refractivity contribution in [2.45, 2.75) is 0 Å². The van der Waals surface area contributed by atoms with Gasteiger partial charge in [0.15, 0.2) is 11.5 Å². The van der Waals surface area contributed by atoms with Crippen LogP contribution < -0.4 is 19.7 Å². The lowest BCUT2D eigenvalue weighted by Crippen LogP contribution is -2.54. The van der Waals surface area contributed by atoms with Crippen LogP contribution in [0.1, 0.15) is 5.56 Å². The fourth-order valence-corrected chi connectivity index (χ4v) is 3.45. The van der Waals surface area contributed by atoms with Crippen LogP contribution in [0.25, 0.3) is 16.8 Å². The topological polar surface area (TPSA) is 84.9 Å². The molecule has 2 aliphatic heterocycles. The van der Waals surface area contributed by atoms with Crippen LogP contribution >= 0.6 is 0 Å². The molecule has 0 aliphatic carbocycles. The number of ether oxygens (including phenoxy) is 2. The molecule has 0 unspecified atom stereocenters. The summed E-state index contributed by atoms with van der Waals surface area (Å²) in [5, 5.41) is 3.86. The maximum atomic E-state index is 13.1. The van der Waals surface area contributed by atoms with Crippen molar-refractivity contribution in [3.05, 3.63) is 71.8 Å². The van der Waals surface area contributed by atoms with Gasteiger partial charge in [-0.3, -0.25) is 14.9 Å². The molecule has 0 spiro atoms. The van der Waals surface area contributed by atoms with Crippen LogP contribution in [0.2, 0.25) is 0 Å². The van der Waals surface area contributed by atoms with Gasteiger partial charge in [0.25, 0.3) is 11.8 Å². The Kier molecular flexibility index (Phi) is 3.80. The lowest BCUT2D eigenvalue weighted by Gasteiger charge is -2.27. The fourth-order valence-electron chi connectivity index (χ4n) is 3.45. The number of carbonyl (C=O) groups is 3. The van der Waals surface area contributed by atoms with E-state index in [1.807, 2.05) is 30.3 Å². The molecule has 5 rings (SSSR count). The van der Waals surface area contributed by atoms with Gasteiger partial charge in [-0.2, -0.15) is 0 Å². The van der Waals surface area contributed by atoms with Gasteiger partial charge in [0.05, 0.1) is 5.69 Å². The molecule has 1 N–H and O–H groups in total. The first-order chi connectivity index (χ1) is 14.1. The summed E-state index contributed by atoms with van der Waals surface area (Å²) in [4.78, 5) is 39.0. The number of anilines is 1. The van der Waals surface area contributed by atoms with Crippen molar-refractivity contribution in [1.82, 2.24) is 5.32 Å². The standard InChI is InChI=1S/C22H14N2O5/c25-20-16(10-13-8-9-18-19(11-13)29-12-28-18)21(26)24(22(27)23-20)17-7-3-5-14-4-1-2-6-15(14)17/h1-11H,12H2,(H,23,25,27). The first-order valence-electron chi connectivity index (χ1n) is 8.91. The van der Waals surface area contributed by atoms with Crippen molar-refractivity contribution < 1.29 is 23.9 Å². The summed E-state index contributed by atoms with van der Waals surface area (Å²) in [7, 11) is 0. The van der Waals surface area contributed by atoms with Crippen LogP contribution in [0, 0.1) is 0 Å². The van der Waals surface area contributed by atoms with Crippen LogP contribution in [0.4, 0.5) is 10.5 Å². The third-order valence-corrected chi connectivity index (χ3v) is 4.82. The molecule has 3 aromatic carbocycles. The minimum Gasteiger partial charge on any atom is -0.454 e. The fraction of sp³-hybridized carbons (Fsp3) is 0.0455. The van der Waals surface area contributed by atoms with Crippen molar-refractivity contribution in [2.24, 2.45) is 0 Å². The molecule has 29 heavy (non-hydrogen) atoms. The predicted molar refractivity (Wildman–Crippen MR) is 106 cm³/mol.